The van der Waals surface area contributed by atoms with Crippen molar-refractivity contribution in [2.24, 2.45) is 0 Å². The minimum absolute atomic E-state index is 0.0464. The molecule has 0 spiro atoms. The van der Waals surface area contributed by atoms with Gasteiger partial charge in [0.2, 0.25) is 0 Å². The minimum atomic E-state index is -0.500. The molecule has 0 heterocycles. The van der Waals surface area contributed by atoms with Crippen LogP contribution in [0, 0.1) is 11.3 Å². The van der Waals surface area contributed by atoms with Gasteiger partial charge < -0.3 is 14.8 Å². The third-order valence-electron chi connectivity index (χ3n) is 3.39. The molecular formula is C21H21ClN2O3. The molecule has 0 atom stereocenters. The SMILES string of the molecule is CCOc1cc(/C=C(\C#N)C(=O)Nc2ccccc2)cc(Cl)c1OC(C)C. The summed E-state index contributed by atoms with van der Waals surface area (Å²) in [4.78, 5) is 12.4. The maximum Gasteiger partial charge on any atom is 0.266 e. The Morgan fingerprint density at radius 2 is 2.00 bits per heavy atom. The van der Waals surface area contributed by atoms with Crippen molar-refractivity contribution >= 4 is 29.3 Å². The first-order valence-corrected chi connectivity index (χ1v) is 8.93. The van der Waals surface area contributed by atoms with Gasteiger partial charge in [-0.15, -0.1) is 0 Å². The van der Waals surface area contributed by atoms with Gasteiger partial charge >= 0.3 is 0 Å². The number of hydrogen-bond donors (Lipinski definition) is 1. The summed E-state index contributed by atoms with van der Waals surface area (Å²) >= 11 is 6.33. The fraction of sp³-hybridized carbons (Fsp3) is 0.238. The van der Waals surface area contributed by atoms with Crippen LogP contribution in [0.25, 0.3) is 6.08 Å². The lowest BCUT2D eigenvalue weighted by Crippen LogP contribution is -2.13. The fourth-order valence-electron chi connectivity index (χ4n) is 2.32. The third-order valence-corrected chi connectivity index (χ3v) is 3.67. The number of ether oxygens (including phenoxy) is 2. The van der Waals surface area contributed by atoms with E-state index in [0.717, 1.165) is 0 Å². The van der Waals surface area contributed by atoms with Crippen LogP contribution >= 0.6 is 11.6 Å². The van der Waals surface area contributed by atoms with Crippen molar-refractivity contribution < 1.29 is 14.3 Å². The number of hydrogen-bond acceptors (Lipinski definition) is 4. The molecule has 0 aliphatic heterocycles. The van der Waals surface area contributed by atoms with Gasteiger partial charge in [-0.05, 0) is 56.7 Å². The number of anilines is 1. The first kappa shape index (κ1) is 20.3. The van der Waals surface area contributed by atoms with Gasteiger partial charge in [0.25, 0.3) is 5.91 Å². The Morgan fingerprint density at radius 3 is 2.59 bits per heavy atom. The zero-order valence-corrected chi connectivity index (χ0v) is 16.2. The number of carbonyl (C=O) groups is 1. The van der Waals surface area contributed by atoms with Crippen molar-refractivity contribution in [3.05, 3.63) is 58.6 Å². The lowest BCUT2D eigenvalue weighted by Gasteiger charge is -2.16. The number of nitriles is 1. The van der Waals surface area contributed by atoms with Crippen LogP contribution in [0.15, 0.2) is 48.0 Å². The van der Waals surface area contributed by atoms with Crippen LogP contribution in [0.1, 0.15) is 26.3 Å². The molecule has 6 heteroatoms. The molecule has 0 aliphatic carbocycles. The number of halogens is 1. The highest BCUT2D eigenvalue weighted by Crippen LogP contribution is 2.38. The number of amides is 1. The van der Waals surface area contributed by atoms with Gasteiger partial charge in [-0.3, -0.25) is 4.79 Å². The van der Waals surface area contributed by atoms with Crippen LogP contribution < -0.4 is 14.8 Å². The van der Waals surface area contributed by atoms with E-state index < -0.39 is 5.91 Å². The zero-order chi connectivity index (χ0) is 19.8. The van der Waals surface area contributed by atoms with Crippen molar-refractivity contribution in [1.29, 1.82) is 5.26 Å². The normalized spacial score (nSPS) is 11.0. The first-order valence-electron chi connectivity index (χ1n) is 8.55. The maximum atomic E-state index is 12.4. The summed E-state index contributed by atoms with van der Waals surface area (Å²) in [7, 11) is 0. The van der Waals surface area contributed by atoms with Gasteiger partial charge in [0.05, 0.1) is 17.7 Å². The van der Waals surface area contributed by atoms with Crippen molar-refractivity contribution in [1.82, 2.24) is 0 Å². The largest absolute Gasteiger partial charge is 0.490 e. The van der Waals surface area contributed by atoms with Crippen LogP contribution in [-0.4, -0.2) is 18.6 Å². The summed E-state index contributed by atoms with van der Waals surface area (Å²) in [6.07, 6.45) is 1.39. The highest BCUT2D eigenvalue weighted by atomic mass is 35.5. The van der Waals surface area contributed by atoms with E-state index in [1.165, 1.54) is 6.08 Å². The molecule has 0 aromatic heterocycles. The summed E-state index contributed by atoms with van der Waals surface area (Å²) in [5, 5.41) is 12.4. The smallest absolute Gasteiger partial charge is 0.266 e. The predicted molar refractivity (Wildman–Crippen MR) is 107 cm³/mol. The molecule has 1 N–H and O–H groups in total. The van der Waals surface area contributed by atoms with Crippen molar-refractivity contribution in [3.8, 4) is 17.6 Å². The topological polar surface area (TPSA) is 71.3 Å². The Morgan fingerprint density at radius 1 is 1.30 bits per heavy atom. The predicted octanol–water partition coefficient (Wildman–Crippen LogP) is 5.07. The van der Waals surface area contributed by atoms with E-state index in [4.69, 9.17) is 21.1 Å². The molecule has 0 bridgehead atoms. The van der Waals surface area contributed by atoms with Gasteiger partial charge in [0.1, 0.15) is 11.6 Å². The van der Waals surface area contributed by atoms with Gasteiger partial charge in [-0.1, -0.05) is 29.8 Å². The summed E-state index contributed by atoms with van der Waals surface area (Å²) in [6.45, 7) is 6.06. The van der Waals surface area contributed by atoms with E-state index in [-0.39, 0.29) is 11.7 Å². The summed E-state index contributed by atoms with van der Waals surface area (Å²) in [5.41, 5.74) is 1.13. The summed E-state index contributed by atoms with van der Waals surface area (Å²) in [6, 6.07) is 14.2. The molecule has 2 aromatic rings. The number of carbonyl (C=O) groups excluding carboxylic acids is 1. The van der Waals surface area contributed by atoms with E-state index >= 15 is 0 Å². The van der Waals surface area contributed by atoms with E-state index in [2.05, 4.69) is 5.32 Å². The Bertz CT molecular complexity index is 871. The van der Waals surface area contributed by atoms with Gasteiger partial charge in [0.15, 0.2) is 11.5 Å². The van der Waals surface area contributed by atoms with Crippen LogP contribution in [0.3, 0.4) is 0 Å². The second-order valence-electron chi connectivity index (χ2n) is 5.92. The average molecular weight is 385 g/mol. The molecule has 0 saturated heterocycles. The lowest BCUT2D eigenvalue weighted by molar-refractivity contribution is -0.112. The highest BCUT2D eigenvalue weighted by Gasteiger charge is 2.15. The van der Waals surface area contributed by atoms with Crippen LogP contribution in [0.5, 0.6) is 11.5 Å². The number of benzene rings is 2. The molecule has 0 radical (unpaired) electrons. The molecule has 0 saturated carbocycles. The Kier molecular flexibility index (Phi) is 7.27. The molecule has 27 heavy (non-hydrogen) atoms. The fourth-order valence-corrected chi connectivity index (χ4v) is 2.58. The molecular weight excluding hydrogens is 364 g/mol. The van der Waals surface area contributed by atoms with Gasteiger partial charge in [-0.25, -0.2) is 0 Å². The monoisotopic (exact) mass is 384 g/mol. The second kappa shape index (κ2) is 9.65. The molecule has 2 rings (SSSR count). The van der Waals surface area contributed by atoms with E-state index in [9.17, 15) is 10.1 Å². The number of nitrogens with zero attached hydrogens (tertiary/aromatic N) is 1. The second-order valence-corrected chi connectivity index (χ2v) is 6.33. The Balaban J connectivity index is 2.34. The zero-order valence-electron chi connectivity index (χ0n) is 15.5. The van der Waals surface area contributed by atoms with E-state index in [1.54, 1.807) is 36.4 Å². The highest BCUT2D eigenvalue weighted by molar-refractivity contribution is 6.32. The number of para-hydroxylation sites is 1. The number of nitrogens with one attached hydrogen (secondary N) is 1. The van der Waals surface area contributed by atoms with E-state index in [0.29, 0.717) is 34.4 Å². The van der Waals surface area contributed by atoms with Crippen LogP contribution in [0.2, 0.25) is 5.02 Å². The number of rotatable bonds is 7. The Labute approximate surface area is 164 Å². The summed E-state index contributed by atoms with van der Waals surface area (Å²) < 4.78 is 11.3. The third kappa shape index (κ3) is 5.77. The lowest BCUT2D eigenvalue weighted by atomic mass is 10.1. The van der Waals surface area contributed by atoms with Gasteiger partial charge in [-0.2, -0.15) is 5.26 Å². The van der Waals surface area contributed by atoms with Gasteiger partial charge in [0, 0.05) is 5.69 Å². The maximum absolute atomic E-state index is 12.4. The first-order chi connectivity index (χ1) is 12.9. The summed E-state index contributed by atoms with van der Waals surface area (Å²) in [5.74, 6) is 0.406. The van der Waals surface area contributed by atoms with Crippen molar-refractivity contribution in [3.63, 3.8) is 0 Å². The van der Waals surface area contributed by atoms with E-state index in [1.807, 2.05) is 32.9 Å². The standard InChI is InChI=1S/C21H21ClN2O3/c1-4-26-19-12-15(11-18(22)20(19)27-14(2)3)10-16(13-23)21(25)24-17-8-6-5-7-9-17/h5-12,14H,4H2,1-3H3,(H,24,25)/b16-10+. The van der Waals surface area contributed by atoms with Crippen molar-refractivity contribution in [2.75, 3.05) is 11.9 Å². The molecule has 1 amide bonds. The molecule has 0 unspecified atom stereocenters. The molecule has 2 aromatic carbocycles. The molecule has 5 nitrogen and oxygen atoms in total. The Hall–Kier alpha value is -2.97. The molecule has 0 fully saturated rings. The van der Waals surface area contributed by atoms with Crippen LogP contribution in [-0.2, 0) is 4.79 Å². The van der Waals surface area contributed by atoms with Crippen molar-refractivity contribution in [2.45, 2.75) is 26.9 Å². The molecule has 140 valence electrons. The van der Waals surface area contributed by atoms with Crippen LogP contribution in [0.4, 0.5) is 5.69 Å². The average Bonchev–Trinajstić information content (AvgIpc) is 2.63. The molecule has 0 aliphatic rings. The quantitative estimate of drug-likeness (QED) is 0.534. The minimum Gasteiger partial charge on any atom is -0.490 e.